The minimum absolute atomic E-state index is 0.200. The van der Waals surface area contributed by atoms with Crippen molar-refractivity contribution in [3.63, 3.8) is 0 Å². The third-order valence-corrected chi connectivity index (χ3v) is 6.11. The summed E-state index contributed by atoms with van der Waals surface area (Å²) in [6.07, 6.45) is 4.20. The summed E-state index contributed by atoms with van der Waals surface area (Å²) in [6.45, 7) is 2.01. The SMILES string of the molecule is CCc1cc(-c2cn[nH]c2-c2cccc(NS(=O)(=O)c3cc(F)ccc3F)c2)ccn1. The van der Waals surface area contributed by atoms with Gasteiger partial charge in [0.1, 0.15) is 16.5 Å². The molecule has 0 saturated carbocycles. The monoisotopic (exact) mass is 440 g/mol. The molecule has 0 aliphatic carbocycles. The predicted octanol–water partition coefficient (Wildman–Crippen LogP) is 4.78. The Morgan fingerprint density at radius 3 is 2.68 bits per heavy atom. The first-order chi connectivity index (χ1) is 14.9. The van der Waals surface area contributed by atoms with Gasteiger partial charge in [-0.05, 0) is 54.4 Å². The van der Waals surface area contributed by atoms with Crippen LogP contribution in [0.25, 0.3) is 22.4 Å². The molecular weight excluding hydrogens is 422 g/mol. The fourth-order valence-electron chi connectivity index (χ4n) is 3.20. The highest BCUT2D eigenvalue weighted by Gasteiger charge is 2.20. The van der Waals surface area contributed by atoms with Gasteiger partial charge in [0, 0.05) is 28.7 Å². The fourth-order valence-corrected chi connectivity index (χ4v) is 4.34. The lowest BCUT2D eigenvalue weighted by Crippen LogP contribution is -2.15. The molecule has 31 heavy (non-hydrogen) atoms. The maximum Gasteiger partial charge on any atom is 0.264 e. The molecule has 2 N–H and O–H groups in total. The molecule has 9 heteroatoms. The van der Waals surface area contributed by atoms with Crippen LogP contribution in [-0.4, -0.2) is 23.6 Å². The smallest absolute Gasteiger partial charge is 0.264 e. The second kappa shape index (κ2) is 8.27. The second-order valence-corrected chi connectivity index (χ2v) is 8.46. The molecule has 0 spiro atoms. The number of rotatable bonds is 6. The van der Waals surface area contributed by atoms with Gasteiger partial charge in [0.15, 0.2) is 0 Å². The number of hydrogen-bond acceptors (Lipinski definition) is 4. The summed E-state index contributed by atoms with van der Waals surface area (Å²) in [7, 11) is -4.32. The van der Waals surface area contributed by atoms with Crippen LogP contribution in [0.2, 0.25) is 0 Å². The molecule has 158 valence electrons. The summed E-state index contributed by atoms with van der Waals surface area (Å²) < 4.78 is 54.9. The van der Waals surface area contributed by atoms with Crippen molar-refractivity contribution in [1.29, 1.82) is 0 Å². The summed E-state index contributed by atoms with van der Waals surface area (Å²) in [4.78, 5) is 3.54. The highest BCUT2D eigenvalue weighted by atomic mass is 32.2. The standard InChI is InChI=1S/C22H18F2N4O2S/c1-2-17-10-14(8-9-25-17)19-13-26-27-22(19)15-4-3-5-18(11-15)28-31(29,30)21-12-16(23)6-7-20(21)24/h3-13,28H,2H2,1H3,(H,26,27). The van der Waals surface area contributed by atoms with Crippen molar-refractivity contribution in [1.82, 2.24) is 15.2 Å². The number of H-pyrrole nitrogens is 1. The number of aromatic amines is 1. The average molecular weight is 440 g/mol. The topological polar surface area (TPSA) is 87.7 Å². The third-order valence-electron chi connectivity index (χ3n) is 4.72. The van der Waals surface area contributed by atoms with Gasteiger partial charge in [-0.15, -0.1) is 0 Å². The van der Waals surface area contributed by atoms with Crippen LogP contribution in [0.15, 0.2) is 71.9 Å². The van der Waals surface area contributed by atoms with Crippen LogP contribution in [-0.2, 0) is 16.4 Å². The molecule has 0 bridgehead atoms. The third kappa shape index (κ3) is 4.31. The minimum atomic E-state index is -4.32. The van der Waals surface area contributed by atoms with Gasteiger partial charge in [-0.3, -0.25) is 14.8 Å². The number of nitrogens with zero attached hydrogens (tertiary/aromatic N) is 2. The van der Waals surface area contributed by atoms with Crippen LogP contribution in [0.1, 0.15) is 12.6 Å². The van der Waals surface area contributed by atoms with Crippen molar-refractivity contribution in [2.75, 3.05) is 4.72 Å². The highest BCUT2D eigenvalue weighted by molar-refractivity contribution is 7.92. The average Bonchev–Trinajstić information content (AvgIpc) is 3.25. The van der Waals surface area contributed by atoms with Gasteiger partial charge in [0.25, 0.3) is 10.0 Å². The van der Waals surface area contributed by atoms with E-state index in [0.717, 1.165) is 35.4 Å². The van der Waals surface area contributed by atoms with Gasteiger partial charge < -0.3 is 0 Å². The van der Waals surface area contributed by atoms with Crippen molar-refractivity contribution >= 4 is 15.7 Å². The van der Waals surface area contributed by atoms with Gasteiger partial charge in [-0.1, -0.05) is 19.1 Å². The van der Waals surface area contributed by atoms with E-state index in [1.807, 2.05) is 19.1 Å². The van der Waals surface area contributed by atoms with E-state index in [9.17, 15) is 17.2 Å². The van der Waals surface area contributed by atoms with Crippen LogP contribution < -0.4 is 4.72 Å². The maximum atomic E-state index is 14.0. The molecule has 2 aromatic heterocycles. The van der Waals surface area contributed by atoms with Crippen molar-refractivity contribution in [2.24, 2.45) is 0 Å². The molecule has 4 aromatic rings. The molecule has 0 radical (unpaired) electrons. The van der Waals surface area contributed by atoms with E-state index < -0.39 is 26.6 Å². The Labute approximate surface area is 178 Å². The molecule has 0 atom stereocenters. The van der Waals surface area contributed by atoms with Gasteiger partial charge in [-0.25, -0.2) is 17.2 Å². The number of halogens is 2. The Morgan fingerprint density at radius 2 is 1.87 bits per heavy atom. The number of aromatic nitrogens is 3. The normalized spacial score (nSPS) is 11.5. The zero-order valence-corrected chi connectivity index (χ0v) is 17.2. The van der Waals surface area contributed by atoms with E-state index in [1.54, 1.807) is 30.6 Å². The van der Waals surface area contributed by atoms with E-state index >= 15 is 0 Å². The van der Waals surface area contributed by atoms with E-state index in [0.29, 0.717) is 17.3 Å². The van der Waals surface area contributed by atoms with Gasteiger partial charge >= 0.3 is 0 Å². The first-order valence-corrected chi connectivity index (χ1v) is 10.9. The molecule has 0 amide bonds. The number of benzene rings is 2. The van der Waals surface area contributed by atoms with E-state index in [4.69, 9.17) is 0 Å². The zero-order valence-electron chi connectivity index (χ0n) is 16.4. The lowest BCUT2D eigenvalue weighted by molar-refractivity contribution is 0.555. The van der Waals surface area contributed by atoms with Crippen LogP contribution in [0.5, 0.6) is 0 Å². The van der Waals surface area contributed by atoms with Crippen molar-refractivity contribution < 1.29 is 17.2 Å². The molecule has 4 rings (SSSR count). The predicted molar refractivity (Wildman–Crippen MR) is 114 cm³/mol. The molecule has 2 aromatic carbocycles. The molecule has 0 unspecified atom stereocenters. The number of aryl methyl sites for hydroxylation is 1. The van der Waals surface area contributed by atoms with Crippen LogP contribution in [0.3, 0.4) is 0 Å². The Hall–Kier alpha value is -3.59. The minimum Gasteiger partial charge on any atom is -0.280 e. The van der Waals surface area contributed by atoms with E-state index in [2.05, 4.69) is 19.9 Å². The molecule has 0 aliphatic heterocycles. The quantitative estimate of drug-likeness (QED) is 0.452. The van der Waals surface area contributed by atoms with Crippen LogP contribution >= 0.6 is 0 Å². The fraction of sp³-hybridized carbons (Fsp3) is 0.0909. The molecular formula is C22H18F2N4O2S. The first kappa shape index (κ1) is 20.7. The highest BCUT2D eigenvalue weighted by Crippen LogP contribution is 2.32. The molecule has 6 nitrogen and oxygen atoms in total. The molecule has 2 heterocycles. The van der Waals surface area contributed by atoms with Crippen molar-refractivity contribution in [3.8, 4) is 22.4 Å². The first-order valence-electron chi connectivity index (χ1n) is 9.44. The Morgan fingerprint density at radius 1 is 1.03 bits per heavy atom. The van der Waals surface area contributed by atoms with Gasteiger partial charge in [0.2, 0.25) is 0 Å². The number of nitrogens with one attached hydrogen (secondary N) is 2. The van der Waals surface area contributed by atoms with Crippen molar-refractivity contribution in [2.45, 2.75) is 18.2 Å². The summed E-state index contributed by atoms with van der Waals surface area (Å²) in [5.74, 6) is -1.88. The number of pyridine rings is 1. The Balaban J connectivity index is 1.69. The van der Waals surface area contributed by atoms with Gasteiger partial charge in [-0.2, -0.15) is 5.10 Å². The number of sulfonamides is 1. The Kier molecular flexibility index (Phi) is 5.51. The van der Waals surface area contributed by atoms with Crippen LogP contribution in [0, 0.1) is 11.6 Å². The largest absolute Gasteiger partial charge is 0.280 e. The summed E-state index contributed by atoms with van der Waals surface area (Å²) in [5.41, 5.74) is 4.24. The van der Waals surface area contributed by atoms with E-state index in [-0.39, 0.29) is 5.69 Å². The lowest BCUT2D eigenvalue weighted by atomic mass is 10.0. The number of hydrogen-bond donors (Lipinski definition) is 2. The molecule has 0 aliphatic rings. The van der Waals surface area contributed by atoms with E-state index in [1.165, 1.54) is 6.07 Å². The Bertz CT molecular complexity index is 1350. The van der Waals surface area contributed by atoms with Gasteiger partial charge in [0.05, 0.1) is 11.9 Å². The van der Waals surface area contributed by atoms with Crippen molar-refractivity contribution in [3.05, 3.63) is 84.3 Å². The summed E-state index contributed by atoms with van der Waals surface area (Å²) >= 11 is 0. The molecule has 0 fully saturated rings. The lowest BCUT2D eigenvalue weighted by Gasteiger charge is -2.11. The summed E-state index contributed by atoms with van der Waals surface area (Å²) in [6, 6.07) is 12.7. The zero-order chi connectivity index (χ0) is 22.0. The van der Waals surface area contributed by atoms with Crippen LogP contribution in [0.4, 0.5) is 14.5 Å². The maximum absolute atomic E-state index is 14.0. The summed E-state index contributed by atoms with van der Waals surface area (Å²) in [5, 5.41) is 7.07. The number of anilines is 1. The molecule has 0 saturated heterocycles. The second-order valence-electron chi connectivity index (χ2n) is 6.81.